The average molecular weight is 425 g/mol. The third-order valence-corrected chi connectivity index (χ3v) is 5.36. The van der Waals surface area contributed by atoms with E-state index in [9.17, 15) is 4.79 Å². The number of benzene rings is 2. The standard InChI is InChI=1S/C25H32N2O4/c1-3-14-30-23-9-7-21(8-10-23)25(28)26-19-20-5-4-6-24(18-20)31-17-13-27(2)22-11-15-29-16-12-22/h3-10,18,22H,1,11-17,19H2,2H3,(H,26,28). The fourth-order valence-electron chi connectivity index (χ4n) is 3.50. The zero-order valence-corrected chi connectivity index (χ0v) is 18.2. The van der Waals surface area contributed by atoms with Crippen LogP contribution in [0.4, 0.5) is 0 Å². The fourth-order valence-corrected chi connectivity index (χ4v) is 3.50. The predicted molar refractivity (Wildman–Crippen MR) is 122 cm³/mol. The number of hydrogen-bond acceptors (Lipinski definition) is 5. The number of nitrogens with zero attached hydrogens (tertiary/aromatic N) is 1. The van der Waals surface area contributed by atoms with Crippen LogP contribution in [-0.4, -0.2) is 56.9 Å². The van der Waals surface area contributed by atoms with Crippen molar-refractivity contribution in [2.24, 2.45) is 0 Å². The molecule has 1 N–H and O–H groups in total. The normalized spacial score (nSPS) is 14.3. The van der Waals surface area contributed by atoms with Crippen molar-refractivity contribution in [3.63, 3.8) is 0 Å². The molecule has 3 rings (SSSR count). The summed E-state index contributed by atoms with van der Waals surface area (Å²) in [6.45, 7) is 7.69. The van der Waals surface area contributed by atoms with Crippen molar-refractivity contribution >= 4 is 5.91 Å². The van der Waals surface area contributed by atoms with Gasteiger partial charge in [-0.25, -0.2) is 0 Å². The van der Waals surface area contributed by atoms with Crippen molar-refractivity contribution in [1.82, 2.24) is 10.2 Å². The van der Waals surface area contributed by atoms with Gasteiger partial charge in [0, 0.05) is 37.9 Å². The Balaban J connectivity index is 1.43. The monoisotopic (exact) mass is 424 g/mol. The van der Waals surface area contributed by atoms with E-state index >= 15 is 0 Å². The molecule has 0 spiro atoms. The third kappa shape index (κ3) is 7.42. The summed E-state index contributed by atoms with van der Waals surface area (Å²) in [4.78, 5) is 14.8. The largest absolute Gasteiger partial charge is 0.492 e. The molecule has 2 aromatic carbocycles. The van der Waals surface area contributed by atoms with E-state index in [1.54, 1.807) is 30.3 Å². The van der Waals surface area contributed by atoms with Crippen LogP contribution >= 0.6 is 0 Å². The molecule has 0 unspecified atom stereocenters. The third-order valence-electron chi connectivity index (χ3n) is 5.36. The highest BCUT2D eigenvalue weighted by Gasteiger charge is 2.18. The summed E-state index contributed by atoms with van der Waals surface area (Å²) in [5.41, 5.74) is 1.59. The summed E-state index contributed by atoms with van der Waals surface area (Å²) in [6.07, 6.45) is 3.84. The minimum absolute atomic E-state index is 0.125. The highest BCUT2D eigenvalue weighted by Crippen LogP contribution is 2.16. The van der Waals surface area contributed by atoms with Gasteiger partial charge in [-0.2, -0.15) is 0 Å². The number of carbonyl (C=O) groups excluding carboxylic acids is 1. The molecule has 0 atom stereocenters. The lowest BCUT2D eigenvalue weighted by Crippen LogP contribution is -2.38. The lowest BCUT2D eigenvalue weighted by Gasteiger charge is -2.31. The Labute approximate surface area is 184 Å². The van der Waals surface area contributed by atoms with Gasteiger partial charge in [-0.3, -0.25) is 9.69 Å². The van der Waals surface area contributed by atoms with E-state index in [4.69, 9.17) is 14.2 Å². The number of rotatable bonds is 11. The molecule has 0 radical (unpaired) electrons. The Morgan fingerprint density at radius 1 is 1.16 bits per heavy atom. The molecule has 6 nitrogen and oxygen atoms in total. The van der Waals surface area contributed by atoms with Gasteiger partial charge in [0.2, 0.25) is 0 Å². The van der Waals surface area contributed by atoms with Crippen LogP contribution in [-0.2, 0) is 11.3 Å². The van der Waals surface area contributed by atoms with Crippen LogP contribution in [0.1, 0.15) is 28.8 Å². The molecule has 166 valence electrons. The van der Waals surface area contributed by atoms with Crippen molar-refractivity contribution in [2.45, 2.75) is 25.4 Å². The van der Waals surface area contributed by atoms with E-state index in [2.05, 4.69) is 23.8 Å². The molecule has 0 bridgehead atoms. The maximum Gasteiger partial charge on any atom is 0.251 e. The van der Waals surface area contributed by atoms with E-state index in [0.29, 0.717) is 37.1 Å². The smallest absolute Gasteiger partial charge is 0.251 e. The molecule has 1 fully saturated rings. The molecule has 1 heterocycles. The van der Waals surface area contributed by atoms with E-state index in [-0.39, 0.29) is 5.91 Å². The second-order valence-electron chi connectivity index (χ2n) is 7.63. The molecule has 2 aromatic rings. The van der Waals surface area contributed by atoms with Gasteiger partial charge in [0.05, 0.1) is 0 Å². The second kappa shape index (κ2) is 12.1. The van der Waals surface area contributed by atoms with Gasteiger partial charge in [0.15, 0.2) is 0 Å². The van der Waals surface area contributed by atoms with Crippen LogP contribution in [0.3, 0.4) is 0 Å². The Kier molecular flexibility index (Phi) is 8.94. The zero-order valence-electron chi connectivity index (χ0n) is 18.2. The Morgan fingerprint density at radius 2 is 1.94 bits per heavy atom. The number of carbonyl (C=O) groups is 1. The van der Waals surface area contributed by atoms with Crippen LogP contribution in [0.25, 0.3) is 0 Å². The lowest BCUT2D eigenvalue weighted by molar-refractivity contribution is 0.0392. The number of ether oxygens (including phenoxy) is 3. The highest BCUT2D eigenvalue weighted by atomic mass is 16.5. The molecular weight excluding hydrogens is 392 g/mol. The topological polar surface area (TPSA) is 60.0 Å². The van der Waals surface area contributed by atoms with Crippen molar-refractivity contribution in [3.05, 3.63) is 72.3 Å². The molecule has 6 heteroatoms. The first kappa shape index (κ1) is 22.8. The molecule has 0 saturated carbocycles. The van der Waals surface area contributed by atoms with Gasteiger partial charge in [-0.1, -0.05) is 24.8 Å². The summed E-state index contributed by atoms with van der Waals surface area (Å²) >= 11 is 0. The average Bonchev–Trinajstić information content (AvgIpc) is 2.82. The number of hydrogen-bond donors (Lipinski definition) is 1. The van der Waals surface area contributed by atoms with Crippen LogP contribution in [0, 0.1) is 0 Å². The van der Waals surface area contributed by atoms with Crippen LogP contribution < -0.4 is 14.8 Å². The first-order valence-electron chi connectivity index (χ1n) is 10.8. The Morgan fingerprint density at radius 3 is 2.68 bits per heavy atom. The Bertz CT molecular complexity index is 832. The number of amides is 1. The summed E-state index contributed by atoms with van der Waals surface area (Å²) in [7, 11) is 2.14. The Hall–Kier alpha value is -2.83. The zero-order chi connectivity index (χ0) is 21.9. The predicted octanol–water partition coefficient (Wildman–Crippen LogP) is 3.67. The molecule has 1 aliphatic rings. The summed E-state index contributed by atoms with van der Waals surface area (Å²) in [5.74, 6) is 1.40. The summed E-state index contributed by atoms with van der Waals surface area (Å²) in [6, 6.07) is 15.5. The van der Waals surface area contributed by atoms with Crippen LogP contribution in [0.2, 0.25) is 0 Å². The maximum absolute atomic E-state index is 12.4. The maximum atomic E-state index is 12.4. The first-order valence-corrected chi connectivity index (χ1v) is 10.8. The quantitative estimate of drug-likeness (QED) is 0.558. The van der Waals surface area contributed by atoms with E-state index in [1.807, 2.05) is 24.3 Å². The van der Waals surface area contributed by atoms with Gasteiger partial charge in [-0.15, -0.1) is 0 Å². The van der Waals surface area contributed by atoms with Crippen molar-refractivity contribution in [1.29, 1.82) is 0 Å². The van der Waals surface area contributed by atoms with Crippen molar-refractivity contribution in [3.8, 4) is 11.5 Å². The SMILES string of the molecule is C=CCOc1ccc(C(=O)NCc2cccc(OCCN(C)C3CCOCC3)c2)cc1. The highest BCUT2D eigenvalue weighted by molar-refractivity contribution is 5.94. The number of likely N-dealkylation sites (N-methyl/N-ethyl adjacent to an activating group) is 1. The second-order valence-corrected chi connectivity index (χ2v) is 7.63. The van der Waals surface area contributed by atoms with Crippen LogP contribution in [0.15, 0.2) is 61.2 Å². The minimum atomic E-state index is -0.125. The molecule has 1 aliphatic heterocycles. The molecule has 0 aliphatic carbocycles. The van der Waals surface area contributed by atoms with E-state index < -0.39 is 0 Å². The van der Waals surface area contributed by atoms with Crippen LogP contribution in [0.5, 0.6) is 11.5 Å². The summed E-state index contributed by atoms with van der Waals surface area (Å²) in [5, 5.41) is 2.95. The van der Waals surface area contributed by atoms with Gasteiger partial charge >= 0.3 is 0 Å². The number of nitrogens with one attached hydrogen (secondary N) is 1. The van der Waals surface area contributed by atoms with Crippen molar-refractivity contribution in [2.75, 3.05) is 40.0 Å². The molecule has 31 heavy (non-hydrogen) atoms. The van der Waals surface area contributed by atoms with E-state index in [1.165, 1.54) is 0 Å². The van der Waals surface area contributed by atoms with E-state index in [0.717, 1.165) is 43.9 Å². The fraction of sp³-hybridized carbons (Fsp3) is 0.400. The molecule has 1 saturated heterocycles. The van der Waals surface area contributed by atoms with Crippen molar-refractivity contribution < 1.29 is 19.0 Å². The molecular formula is C25H32N2O4. The minimum Gasteiger partial charge on any atom is -0.492 e. The molecule has 0 aromatic heterocycles. The van der Waals surface area contributed by atoms with Gasteiger partial charge in [0.25, 0.3) is 5.91 Å². The van der Waals surface area contributed by atoms with Gasteiger partial charge in [0.1, 0.15) is 24.7 Å². The van der Waals surface area contributed by atoms with Gasteiger partial charge < -0.3 is 19.5 Å². The lowest BCUT2D eigenvalue weighted by atomic mass is 10.1. The van der Waals surface area contributed by atoms with Gasteiger partial charge in [-0.05, 0) is 61.9 Å². The first-order chi connectivity index (χ1) is 15.2. The summed E-state index contributed by atoms with van der Waals surface area (Å²) < 4.78 is 16.8. The molecule has 1 amide bonds.